The van der Waals surface area contributed by atoms with E-state index in [-0.39, 0.29) is 0 Å². The Bertz CT molecular complexity index is 398. The minimum Gasteiger partial charge on any atom is -0.463 e. The Morgan fingerprint density at radius 3 is 2.62 bits per heavy atom. The number of thioether (sulfide) groups is 1. The number of nitrogens with zero attached hydrogens (tertiary/aromatic N) is 3. The molecule has 0 saturated heterocycles. The molecule has 21 heavy (non-hydrogen) atoms. The van der Waals surface area contributed by atoms with Gasteiger partial charge in [-0.1, -0.05) is 44.9 Å². The highest BCUT2D eigenvalue weighted by Crippen LogP contribution is 2.32. The second-order valence-electron chi connectivity index (χ2n) is 5.38. The fourth-order valence-electron chi connectivity index (χ4n) is 2.30. The topological polar surface area (TPSA) is 59.9 Å². The van der Waals surface area contributed by atoms with Crippen molar-refractivity contribution in [1.29, 1.82) is 0 Å². The Kier molecular flexibility index (Phi) is 7.06. The highest BCUT2D eigenvalue weighted by atomic mass is 32.2. The number of ether oxygens (including phenoxy) is 1. The Morgan fingerprint density at radius 2 is 1.90 bits per heavy atom. The first-order valence-corrected chi connectivity index (χ1v) is 8.99. The molecule has 1 saturated carbocycles. The molecular weight excluding hydrogens is 284 g/mol. The van der Waals surface area contributed by atoms with E-state index < -0.39 is 0 Å². The standard InChI is InChI=1S/C15H26N4OS/c1-3-10-16-13-17-14(20-11-4-2)19-15(18-13)21-12-8-6-5-7-9-12/h12H,3-11H2,1-2H3,(H,16,17,18,19). The first kappa shape index (κ1) is 16.3. The van der Waals surface area contributed by atoms with E-state index in [1.165, 1.54) is 32.1 Å². The van der Waals surface area contributed by atoms with Gasteiger partial charge in [-0.15, -0.1) is 0 Å². The van der Waals surface area contributed by atoms with Crippen LogP contribution < -0.4 is 10.1 Å². The predicted molar refractivity (Wildman–Crippen MR) is 87.1 cm³/mol. The SMILES string of the molecule is CCCNc1nc(OCCC)nc(SC2CCCCC2)n1. The van der Waals surface area contributed by atoms with E-state index in [4.69, 9.17) is 4.74 Å². The summed E-state index contributed by atoms with van der Waals surface area (Å²) in [6.07, 6.45) is 8.53. The minimum absolute atomic E-state index is 0.448. The van der Waals surface area contributed by atoms with Gasteiger partial charge in [-0.2, -0.15) is 15.0 Å². The van der Waals surface area contributed by atoms with Crippen molar-refractivity contribution in [3.8, 4) is 6.01 Å². The van der Waals surface area contributed by atoms with E-state index >= 15 is 0 Å². The van der Waals surface area contributed by atoms with Gasteiger partial charge in [0, 0.05) is 11.8 Å². The quantitative estimate of drug-likeness (QED) is 0.785. The molecule has 0 radical (unpaired) electrons. The lowest BCUT2D eigenvalue weighted by atomic mass is 10.0. The highest BCUT2D eigenvalue weighted by molar-refractivity contribution is 7.99. The minimum atomic E-state index is 0.448. The average Bonchev–Trinajstić information content (AvgIpc) is 2.52. The van der Waals surface area contributed by atoms with Crippen LogP contribution in [0, 0.1) is 0 Å². The maximum atomic E-state index is 5.59. The molecule has 1 heterocycles. The van der Waals surface area contributed by atoms with Crippen molar-refractivity contribution in [1.82, 2.24) is 15.0 Å². The fraction of sp³-hybridized carbons (Fsp3) is 0.800. The fourth-order valence-corrected chi connectivity index (χ4v) is 3.43. The van der Waals surface area contributed by atoms with Crippen LogP contribution in [0.3, 0.4) is 0 Å². The van der Waals surface area contributed by atoms with Gasteiger partial charge in [0.2, 0.25) is 5.95 Å². The molecule has 5 nitrogen and oxygen atoms in total. The number of hydrogen-bond donors (Lipinski definition) is 1. The highest BCUT2D eigenvalue weighted by Gasteiger charge is 2.17. The zero-order chi connectivity index (χ0) is 14.9. The summed E-state index contributed by atoms with van der Waals surface area (Å²) < 4.78 is 5.59. The van der Waals surface area contributed by atoms with E-state index in [2.05, 4.69) is 34.1 Å². The van der Waals surface area contributed by atoms with Crippen LogP contribution in [0.1, 0.15) is 58.8 Å². The van der Waals surface area contributed by atoms with Gasteiger partial charge >= 0.3 is 6.01 Å². The Labute approximate surface area is 131 Å². The molecule has 0 unspecified atom stereocenters. The summed E-state index contributed by atoms with van der Waals surface area (Å²) in [5, 5.41) is 4.66. The first-order valence-electron chi connectivity index (χ1n) is 8.11. The number of nitrogens with one attached hydrogen (secondary N) is 1. The van der Waals surface area contributed by atoms with Crippen LogP contribution in [-0.2, 0) is 0 Å². The zero-order valence-electron chi connectivity index (χ0n) is 13.1. The van der Waals surface area contributed by atoms with Crippen molar-refractivity contribution in [3.05, 3.63) is 0 Å². The summed E-state index contributed by atoms with van der Waals surface area (Å²) in [5.74, 6) is 0.635. The molecule has 0 atom stereocenters. The second-order valence-corrected chi connectivity index (χ2v) is 6.64. The van der Waals surface area contributed by atoms with E-state index in [9.17, 15) is 0 Å². The monoisotopic (exact) mass is 310 g/mol. The summed E-state index contributed by atoms with van der Waals surface area (Å²) in [6, 6.07) is 0.448. The zero-order valence-corrected chi connectivity index (χ0v) is 13.9. The van der Waals surface area contributed by atoms with Crippen LogP contribution in [0.25, 0.3) is 0 Å². The summed E-state index contributed by atoms with van der Waals surface area (Å²) >= 11 is 1.78. The largest absolute Gasteiger partial charge is 0.463 e. The Morgan fingerprint density at radius 1 is 1.10 bits per heavy atom. The lowest BCUT2D eigenvalue weighted by molar-refractivity contribution is 0.288. The van der Waals surface area contributed by atoms with Gasteiger partial charge in [-0.3, -0.25) is 0 Å². The van der Waals surface area contributed by atoms with E-state index in [0.717, 1.165) is 24.5 Å². The normalized spacial score (nSPS) is 15.9. The third-order valence-electron chi connectivity index (χ3n) is 3.39. The van der Waals surface area contributed by atoms with Crippen molar-refractivity contribution >= 4 is 17.7 Å². The van der Waals surface area contributed by atoms with Gasteiger partial charge < -0.3 is 10.1 Å². The van der Waals surface area contributed by atoms with Crippen molar-refractivity contribution in [2.24, 2.45) is 0 Å². The van der Waals surface area contributed by atoms with Crippen molar-refractivity contribution < 1.29 is 4.74 Å². The first-order chi connectivity index (χ1) is 10.3. The average molecular weight is 310 g/mol. The lowest BCUT2D eigenvalue weighted by Crippen LogP contribution is -2.12. The summed E-state index contributed by atoms with van der Waals surface area (Å²) in [5.41, 5.74) is 0. The Balaban J connectivity index is 2.05. The van der Waals surface area contributed by atoms with Gasteiger partial charge in [0.05, 0.1) is 6.61 Å². The number of hydrogen-bond acceptors (Lipinski definition) is 6. The number of aromatic nitrogens is 3. The molecule has 1 fully saturated rings. The molecule has 0 amide bonds. The molecule has 0 bridgehead atoms. The summed E-state index contributed by atoms with van der Waals surface area (Å²) in [7, 11) is 0. The summed E-state index contributed by atoms with van der Waals surface area (Å²) in [4.78, 5) is 13.3. The molecule has 1 aliphatic carbocycles. The van der Waals surface area contributed by atoms with Crippen LogP contribution in [0.4, 0.5) is 5.95 Å². The van der Waals surface area contributed by atoms with Crippen molar-refractivity contribution in [2.45, 2.75) is 69.2 Å². The van der Waals surface area contributed by atoms with Gasteiger partial charge in [-0.25, -0.2) is 0 Å². The van der Waals surface area contributed by atoms with Crippen LogP contribution in [0.5, 0.6) is 6.01 Å². The molecular formula is C15H26N4OS. The molecule has 2 rings (SSSR count). The van der Waals surface area contributed by atoms with Crippen LogP contribution in [0.15, 0.2) is 5.16 Å². The molecule has 0 aromatic carbocycles. The van der Waals surface area contributed by atoms with Crippen molar-refractivity contribution in [3.63, 3.8) is 0 Å². The Hall–Kier alpha value is -1.04. The van der Waals surface area contributed by atoms with Gasteiger partial charge in [0.15, 0.2) is 5.16 Å². The third kappa shape index (κ3) is 5.69. The van der Waals surface area contributed by atoms with E-state index in [1.807, 2.05) is 0 Å². The van der Waals surface area contributed by atoms with Gasteiger partial charge in [0.25, 0.3) is 0 Å². The molecule has 0 aliphatic heterocycles. The molecule has 0 spiro atoms. The number of anilines is 1. The summed E-state index contributed by atoms with van der Waals surface area (Å²) in [6.45, 7) is 5.71. The molecule has 1 N–H and O–H groups in total. The van der Waals surface area contributed by atoms with Gasteiger partial charge in [0.1, 0.15) is 0 Å². The van der Waals surface area contributed by atoms with Crippen LogP contribution >= 0.6 is 11.8 Å². The van der Waals surface area contributed by atoms with E-state index in [0.29, 0.717) is 23.8 Å². The maximum Gasteiger partial charge on any atom is 0.322 e. The predicted octanol–water partition coefficient (Wildman–Crippen LogP) is 3.91. The third-order valence-corrected chi connectivity index (χ3v) is 4.59. The molecule has 1 aliphatic rings. The van der Waals surface area contributed by atoms with E-state index in [1.54, 1.807) is 11.8 Å². The molecule has 118 valence electrons. The smallest absolute Gasteiger partial charge is 0.322 e. The van der Waals surface area contributed by atoms with Crippen LogP contribution in [0.2, 0.25) is 0 Å². The molecule has 1 aromatic heterocycles. The lowest BCUT2D eigenvalue weighted by Gasteiger charge is -2.20. The van der Waals surface area contributed by atoms with Crippen LogP contribution in [-0.4, -0.2) is 33.4 Å². The second kappa shape index (κ2) is 9.07. The van der Waals surface area contributed by atoms with Gasteiger partial charge in [-0.05, 0) is 25.7 Å². The number of rotatable bonds is 8. The maximum absolute atomic E-state index is 5.59. The molecule has 6 heteroatoms. The molecule has 1 aromatic rings. The van der Waals surface area contributed by atoms with Crippen molar-refractivity contribution in [2.75, 3.05) is 18.5 Å².